The Balaban J connectivity index is 0.00000288. The number of likely N-dealkylation sites (tertiary alicyclic amines) is 1. The van der Waals surface area contributed by atoms with Gasteiger partial charge >= 0.3 is 0 Å². The van der Waals surface area contributed by atoms with Gasteiger partial charge in [-0.25, -0.2) is 23.1 Å². The van der Waals surface area contributed by atoms with E-state index in [4.69, 9.17) is 4.74 Å². The summed E-state index contributed by atoms with van der Waals surface area (Å²) in [6, 6.07) is -0.0152. The van der Waals surface area contributed by atoms with Crippen molar-refractivity contribution < 1.29 is 13.2 Å². The molecule has 0 aliphatic carbocycles. The van der Waals surface area contributed by atoms with Crippen molar-refractivity contribution in [2.24, 2.45) is 5.92 Å². The molecule has 0 amide bonds. The second-order valence-corrected chi connectivity index (χ2v) is 7.96. The number of methoxy groups -OCH3 is 1. The minimum absolute atomic E-state index is 0. The fourth-order valence-corrected chi connectivity index (χ4v) is 3.90. The van der Waals surface area contributed by atoms with Gasteiger partial charge in [0.1, 0.15) is 6.61 Å². The van der Waals surface area contributed by atoms with Gasteiger partial charge in [-0.05, 0) is 12.3 Å². The lowest BCUT2D eigenvalue weighted by Gasteiger charge is -2.17. The first kappa shape index (κ1) is 21.2. The zero-order valence-electron chi connectivity index (χ0n) is 14.4. The van der Waals surface area contributed by atoms with Crippen LogP contribution in [0, 0.1) is 5.92 Å². The van der Waals surface area contributed by atoms with E-state index in [1.165, 1.54) is 6.26 Å². The molecule has 1 fully saturated rings. The number of hydrogen-bond acceptors (Lipinski definition) is 6. The number of nitrogens with zero attached hydrogens (tertiary/aromatic N) is 3. The van der Waals surface area contributed by atoms with Crippen molar-refractivity contribution in [1.29, 1.82) is 0 Å². The fourth-order valence-electron chi connectivity index (χ4n) is 3.09. The summed E-state index contributed by atoms with van der Waals surface area (Å²) in [6.07, 6.45) is 6.92. The summed E-state index contributed by atoms with van der Waals surface area (Å²) in [4.78, 5) is 10.8. The van der Waals surface area contributed by atoms with E-state index in [0.29, 0.717) is 18.3 Å². The number of rotatable bonds is 8. The molecule has 0 radical (unpaired) electrons. The van der Waals surface area contributed by atoms with Crippen LogP contribution in [0.2, 0.25) is 0 Å². The second kappa shape index (κ2) is 9.62. The van der Waals surface area contributed by atoms with Crippen molar-refractivity contribution in [2.45, 2.75) is 39.0 Å². The summed E-state index contributed by atoms with van der Waals surface area (Å²) in [5.74, 6) is 1.02. The number of aromatic nitrogens is 2. The maximum Gasteiger partial charge on any atom is 0.209 e. The second-order valence-electron chi connectivity index (χ2n) is 6.18. The van der Waals surface area contributed by atoms with Crippen molar-refractivity contribution >= 4 is 22.4 Å². The SMILES string of the molecule is CCC[C@H]1CN(Cc2cnc(COC)nc2)C[C@@H]1NS(C)(=O)=O.Cl. The monoisotopic (exact) mass is 378 g/mol. The maximum atomic E-state index is 11.5. The molecule has 0 bridgehead atoms. The quantitative estimate of drug-likeness (QED) is 0.731. The van der Waals surface area contributed by atoms with Crippen LogP contribution in [0.5, 0.6) is 0 Å². The van der Waals surface area contributed by atoms with Crippen LogP contribution in [-0.4, -0.2) is 55.8 Å². The standard InChI is InChI=1S/C15H26N4O3S.ClH/c1-4-5-13-9-19(10-14(13)18-23(3,20)21)8-12-6-16-15(11-22-2)17-7-12;/h6-7,13-14,18H,4-5,8-11H2,1-3H3;1H/t13-,14-;/m0./s1. The summed E-state index contributed by atoms with van der Waals surface area (Å²) in [6.45, 7) is 4.87. The summed E-state index contributed by atoms with van der Waals surface area (Å²) < 4.78 is 30.9. The largest absolute Gasteiger partial charge is 0.377 e. The highest BCUT2D eigenvalue weighted by Crippen LogP contribution is 2.23. The highest BCUT2D eigenvalue weighted by atomic mass is 35.5. The molecular formula is C15H27ClN4O3S. The van der Waals surface area contributed by atoms with E-state index < -0.39 is 10.0 Å². The smallest absolute Gasteiger partial charge is 0.209 e. The molecule has 0 spiro atoms. The minimum atomic E-state index is -3.18. The number of nitrogens with one attached hydrogen (secondary N) is 1. The van der Waals surface area contributed by atoms with E-state index >= 15 is 0 Å². The van der Waals surface area contributed by atoms with Gasteiger partial charge in [-0.3, -0.25) is 4.90 Å². The van der Waals surface area contributed by atoms with Gasteiger partial charge < -0.3 is 4.74 Å². The number of ether oxygens (including phenoxy) is 1. The molecule has 2 heterocycles. The van der Waals surface area contributed by atoms with E-state index in [0.717, 1.165) is 38.0 Å². The normalized spacial score (nSPS) is 21.6. The lowest BCUT2D eigenvalue weighted by atomic mass is 9.99. The van der Waals surface area contributed by atoms with Crippen molar-refractivity contribution in [2.75, 3.05) is 26.5 Å². The summed E-state index contributed by atoms with van der Waals surface area (Å²) in [5, 5.41) is 0. The Morgan fingerprint density at radius 3 is 2.54 bits per heavy atom. The fraction of sp³-hybridized carbons (Fsp3) is 0.733. The Labute approximate surface area is 150 Å². The molecule has 0 aromatic carbocycles. The average molecular weight is 379 g/mol. The van der Waals surface area contributed by atoms with Gasteiger partial charge in [0.2, 0.25) is 10.0 Å². The van der Waals surface area contributed by atoms with Crippen molar-refractivity contribution in [1.82, 2.24) is 19.6 Å². The van der Waals surface area contributed by atoms with Gasteiger partial charge in [0, 0.05) is 50.7 Å². The molecule has 1 aromatic rings. The molecule has 24 heavy (non-hydrogen) atoms. The van der Waals surface area contributed by atoms with Crippen LogP contribution in [0.15, 0.2) is 12.4 Å². The molecular weight excluding hydrogens is 352 g/mol. The molecule has 2 rings (SSSR count). The molecule has 138 valence electrons. The Morgan fingerprint density at radius 2 is 2.00 bits per heavy atom. The zero-order chi connectivity index (χ0) is 16.9. The third-order valence-electron chi connectivity index (χ3n) is 3.98. The Morgan fingerprint density at radius 1 is 1.33 bits per heavy atom. The van der Waals surface area contributed by atoms with Gasteiger partial charge in [0.15, 0.2) is 5.82 Å². The summed E-state index contributed by atoms with van der Waals surface area (Å²) in [7, 11) is -1.57. The van der Waals surface area contributed by atoms with E-state index in [1.54, 1.807) is 7.11 Å². The van der Waals surface area contributed by atoms with Crippen molar-refractivity contribution in [3.05, 3.63) is 23.8 Å². The molecule has 0 saturated carbocycles. The average Bonchev–Trinajstić information content (AvgIpc) is 2.81. The van der Waals surface area contributed by atoms with Gasteiger partial charge in [0.05, 0.1) is 6.26 Å². The number of halogens is 1. The molecule has 1 aliphatic rings. The van der Waals surface area contributed by atoms with Crippen LogP contribution in [0.1, 0.15) is 31.2 Å². The molecule has 1 N–H and O–H groups in total. The first-order valence-corrected chi connectivity index (χ1v) is 9.78. The molecule has 1 aliphatic heterocycles. The Hall–Kier alpha value is -0.800. The molecule has 9 heteroatoms. The van der Waals surface area contributed by atoms with Crippen LogP contribution in [-0.2, 0) is 27.9 Å². The van der Waals surface area contributed by atoms with E-state index in [1.807, 2.05) is 12.4 Å². The highest BCUT2D eigenvalue weighted by molar-refractivity contribution is 7.88. The van der Waals surface area contributed by atoms with Crippen molar-refractivity contribution in [3.63, 3.8) is 0 Å². The molecule has 7 nitrogen and oxygen atoms in total. The van der Waals surface area contributed by atoms with E-state index in [-0.39, 0.29) is 18.4 Å². The Bertz CT molecular complexity index is 597. The van der Waals surface area contributed by atoms with Gasteiger partial charge in [-0.2, -0.15) is 0 Å². The Kier molecular flexibility index (Phi) is 8.52. The van der Waals surface area contributed by atoms with Crippen LogP contribution >= 0.6 is 12.4 Å². The molecule has 1 saturated heterocycles. The molecule has 1 aromatic heterocycles. The molecule has 0 unspecified atom stereocenters. The predicted octanol–water partition coefficient (Wildman–Crippen LogP) is 1.19. The summed E-state index contributed by atoms with van der Waals surface area (Å²) >= 11 is 0. The lowest BCUT2D eigenvalue weighted by molar-refractivity contribution is 0.177. The maximum absolute atomic E-state index is 11.5. The van der Waals surface area contributed by atoms with E-state index in [9.17, 15) is 8.42 Å². The van der Waals surface area contributed by atoms with Crippen LogP contribution < -0.4 is 4.72 Å². The number of hydrogen-bond donors (Lipinski definition) is 1. The van der Waals surface area contributed by atoms with Gasteiger partial charge in [0.25, 0.3) is 0 Å². The first-order chi connectivity index (χ1) is 10.9. The lowest BCUT2D eigenvalue weighted by Crippen LogP contribution is -2.39. The molecule has 2 atom stereocenters. The number of sulfonamides is 1. The van der Waals surface area contributed by atoms with Gasteiger partial charge in [-0.1, -0.05) is 13.3 Å². The van der Waals surface area contributed by atoms with Crippen LogP contribution in [0.4, 0.5) is 0 Å². The van der Waals surface area contributed by atoms with Crippen LogP contribution in [0.3, 0.4) is 0 Å². The highest BCUT2D eigenvalue weighted by Gasteiger charge is 2.33. The third-order valence-corrected chi connectivity index (χ3v) is 4.71. The predicted molar refractivity (Wildman–Crippen MR) is 95.4 cm³/mol. The first-order valence-electron chi connectivity index (χ1n) is 7.89. The third kappa shape index (κ3) is 6.60. The van der Waals surface area contributed by atoms with Crippen LogP contribution in [0.25, 0.3) is 0 Å². The van der Waals surface area contributed by atoms with Gasteiger partial charge in [-0.15, -0.1) is 12.4 Å². The zero-order valence-corrected chi connectivity index (χ0v) is 16.1. The van der Waals surface area contributed by atoms with Crippen molar-refractivity contribution in [3.8, 4) is 0 Å². The van der Waals surface area contributed by atoms with E-state index in [2.05, 4.69) is 26.5 Å². The summed E-state index contributed by atoms with van der Waals surface area (Å²) in [5.41, 5.74) is 1.03. The minimum Gasteiger partial charge on any atom is -0.377 e. The topological polar surface area (TPSA) is 84.4 Å².